The minimum atomic E-state index is -0.308. The lowest BCUT2D eigenvalue weighted by atomic mass is 10.1. The van der Waals surface area contributed by atoms with Crippen LogP contribution in [0.25, 0.3) is 0 Å². The summed E-state index contributed by atoms with van der Waals surface area (Å²) in [7, 11) is 1.62. The monoisotopic (exact) mass is 320 g/mol. The van der Waals surface area contributed by atoms with Crippen LogP contribution in [0, 0.1) is 5.82 Å². The molecule has 2 saturated heterocycles. The van der Waals surface area contributed by atoms with Crippen molar-refractivity contribution >= 4 is 11.8 Å². The molecule has 2 aliphatic rings. The molecule has 2 amide bonds. The number of likely N-dealkylation sites (tertiary alicyclic amines) is 2. The molecule has 2 atom stereocenters. The average molecular weight is 320 g/mol. The van der Waals surface area contributed by atoms with Gasteiger partial charge in [0.15, 0.2) is 0 Å². The first-order valence-corrected chi connectivity index (χ1v) is 7.92. The summed E-state index contributed by atoms with van der Waals surface area (Å²) >= 11 is 0. The lowest BCUT2D eigenvalue weighted by molar-refractivity contribution is -0.131. The van der Waals surface area contributed by atoms with E-state index in [1.807, 2.05) is 9.80 Å². The molecule has 5 nitrogen and oxygen atoms in total. The SMILES string of the molecule is COCCN1C(=O)C[C@@H]2[C@H]1CCN2C(=O)Cc1ccc(F)cc1. The molecule has 2 fully saturated rings. The quantitative estimate of drug-likeness (QED) is 0.819. The van der Waals surface area contributed by atoms with E-state index in [9.17, 15) is 14.0 Å². The Balaban J connectivity index is 1.64. The van der Waals surface area contributed by atoms with Gasteiger partial charge in [-0.3, -0.25) is 9.59 Å². The van der Waals surface area contributed by atoms with Crippen LogP contribution in [-0.4, -0.2) is 60.5 Å². The van der Waals surface area contributed by atoms with Crippen LogP contribution >= 0.6 is 0 Å². The Hall–Kier alpha value is -1.95. The van der Waals surface area contributed by atoms with Gasteiger partial charge in [0, 0.05) is 26.6 Å². The van der Waals surface area contributed by atoms with Crippen LogP contribution in [0.5, 0.6) is 0 Å². The van der Waals surface area contributed by atoms with Gasteiger partial charge in [0.2, 0.25) is 11.8 Å². The van der Waals surface area contributed by atoms with Crippen LogP contribution in [0.4, 0.5) is 4.39 Å². The molecule has 0 N–H and O–H groups in total. The summed E-state index contributed by atoms with van der Waals surface area (Å²) in [6.07, 6.45) is 1.45. The molecular weight excluding hydrogens is 299 g/mol. The maximum Gasteiger partial charge on any atom is 0.227 e. The number of carbonyl (C=O) groups excluding carboxylic acids is 2. The fourth-order valence-corrected chi connectivity index (χ4v) is 3.60. The first-order valence-electron chi connectivity index (χ1n) is 7.92. The Kier molecular flexibility index (Phi) is 4.61. The highest BCUT2D eigenvalue weighted by atomic mass is 19.1. The lowest BCUT2D eigenvalue weighted by Crippen LogP contribution is -2.41. The van der Waals surface area contributed by atoms with E-state index in [0.717, 1.165) is 12.0 Å². The summed E-state index contributed by atoms with van der Waals surface area (Å²) in [5, 5.41) is 0. The van der Waals surface area contributed by atoms with Gasteiger partial charge < -0.3 is 14.5 Å². The molecule has 0 saturated carbocycles. The van der Waals surface area contributed by atoms with Crippen molar-refractivity contribution in [3.05, 3.63) is 35.6 Å². The molecule has 0 bridgehead atoms. The molecule has 0 spiro atoms. The highest BCUT2D eigenvalue weighted by Gasteiger charge is 2.47. The number of amides is 2. The van der Waals surface area contributed by atoms with Crippen LogP contribution in [0.15, 0.2) is 24.3 Å². The van der Waals surface area contributed by atoms with Gasteiger partial charge in [-0.15, -0.1) is 0 Å². The Morgan fingerprint density at radius 2 is 2.04 bits per heavy atom. The fourth-order valence-electron chi connectivity index (χ4n) is 3.60. The van der Waals surface area contributed by atoms with E-state index in [0.29, 0.717) is 26.1 Å². The van der Waals surface area contributed by atoms with Gasteiger partial charge in [-0.1, -0.05) is 12.1 Å². The van der Waals surface area contributed by atoms with E-state index in [-0.39, 0.29) is 36.1 Å². The normalized spacial score (nSPS) is 23.5. The van der Waals surface area contributed by atoms with Gasteiger partial charge in [0.1, 0.15) is 5.82 Å². The van der Waals surface area contributed by atoms with Crippen LogP contribution in [0.2, 0.25) is 0 Å². The molecule has 1 aromatic carbocycles. The number of rotatable bonds is 5. The van der Waals surface area contributed by atoms with Crippen molar-refractivity contribution in [2.24, 2.45) is 0 Å². The second-order valence-corrected chi connectivity index (χ2v) is 6.10. The van der Waals surface area contributed by atoms with Crippen molar-refractivity contribution in [3.8, 4) is 0 Å². The Bertz CT molecular complexity index is 590. The van der Waals surface area contributed by atoms with E-state index in [4.69, 9.17) is 4.74 Å². The summed E-state index contributed by atoms with van der Waals surface area (Å²) in [4.78, 5) is 28.4. The van der Waals surface area contributed by atoms with E-state index >= 15 is 0 Å². The number of hydrogen-bond acceptors (Lipinski definition) is 3. The highest BCUT2D eigenvalue weighted by Crippen LogP contribution is 2.32. The van der Waals surface area contributed by atoms with Gasteiger partial charge >= 0.3 is 0 Å². The number of nitrogens with zero attached hydrogens (tertiary/aromatic N) is 2. The number of carbonyl (C=O) groups is 2. The smallest absolute Gasteiger partial charge is 0.227 e. The number of ether oxygens (including phenoxy) is 1. The molecule has 0 aromatic heterocycles. The van der Waals surface area contributed by atoms with E-state index in [1.165, 1.54) is 12.1 Å². The summed E-state index contributed by atoms with van der Waals surface area (Å²) in [5.41, 5.74) is 0.792. The molecule has 0 aliphatic carbocycles. The molecule has 2 aliphatic heterocycles. The topological polar surface area (TPSA) is 49.9 Å². The Morgan fingerprint density at radius 3 is 2.74 bits per heavy atom. The Morgan fingerprint density at radius 1 is 1.30 bits per heavy atom. The summed E-state index contributed by atoms with van der Waals surface area (Å²) in [6, 6.07) is 6.06. The van der Waals surface area contributed by atoms with Crippen molar-refractivity contribution < 1.29 is 18.7 Å². The third-order valence-electron chi connectivity index (χ3n) is 4.74. The van der Waals surface area contributed by atoms with Crippen LogP contribution < -0.4 is 0 Å². The van der Waals surface area contributed by atoms with Gasteiger partial charge in [-0.25, -0.2) is 4.39 Å². The van der Waals surface area contributed by atoms with Crippen molar-refractivity contribution in [2.75, 3.05) is 26.8 Å². The second kappa shape index (κ2) is 6.66. The zero-order valence-corrected chi connectivity index (χ0v) is 13.2. The van der Waals surface area contributed by atoms with Gasteiger partial charge in [-0.2, -0.15) is 0 Å². The summed E-state index contributed by atoms with van der Waals surface area (Å²) < 4.78 is 18.0. The minimum Gasteiger partial charge on any atom is -0.383 e. The predicted molar refractivity (Wildman–Crippen MR) is 82.2 cm³/mol. The molecule has 0 radical (unpaired) electrons. The minimum absolute atomic E-state index is 0.00509. The van der Waals surface area contributed by atoms with Crippen molar-refractivity contribution in [2.45, 2.75) is 31.3 Å². The van der Waals surface area contributed by atoms with E-state index in [2.05, 4.69) is 0 Å². The lowest BCUT2D eigenvalue weighted by Gasteiger charge is -2.25. The van der Waals surface area contributed by atoms with Crippen LogP contribution in [0.1, 0.15) is 18.4 Å². The fraction of sp³-hybridized carbons (Fsp3) is 0.529. The van der Waals surface area contributed by atoms with Crippen molar-refractivity contribution in [3.63, 3.8) is 0 Å². The van der Waals surface area contributed by atoms with Gasteiger partial charge in [0.05, 0.1) is 25.1 Å². The number of halogens is 1. The molecule has 23 heavy (non-hydrogen) atoms. The molecule has 124 valence electrons. The van der Waals surface area contributed by atoms with Gasteiger partial charge in [0.25, 0.3) is 0 Å². The second-order valence-electron chi connectivity index (χ2n) is 6.10. The number of benzene rings is 1. The first kappa shape index (κ1) is 15.9. The third-order valence-corrected chi connectivity index (χ3v) is 4.74. The predicted octanol–water partition coefficient (Wildman–Crippen LogP) is 1.22. The molecule has 2 heterocycles. The van der Waals surface area contributed by atoms with E-state index < -0.39 is 0 Å². The summed E-state index contributed by atoms with van der Waals surface area (Å²) in [6.45, 7) is 1.76. The zero-order valence-electron chi connectivity index (χ0n) is 13.2. The largest absolute Gasteiger partial charge is 0.383 e. The molecular formula is C17H21FN2O3. The molecule has 1 aromatic rings. The Labute approximate surface area is 135 Å². The van der Waals surface area contributed by atoms with Crippen LogP contribution in [0.3, 0.4) is 0 Å². The highest BCUT2D eigenvalue weighted by molar-refractivity contribution is 5.84. The first-order chi connectivity index (χ1) is 11.1. The van der Waals surface area contributed by atoms with E-state index in [1.54, 1.807) is 19.2 Å². The maximum absolute atomic E-state index is 12.9. The third kappa shape index (κ3) is 3.22. The van der Waals surface area contributed by atoms with Crippen molar-refractivity contribution in [1.29, 1.82) is 0 Å². The summed E-state index contributed by atoms with van der Waals surface area (Å²) in [5.74, 6) is -0.209. The number of hydrogen-bond donors (Lipinski definition) is 0. The molecule has 6 heteroatoms. The van der Waals surface area contributed by atoms with Crippen LogP contribution in [-0.2, 0) is 20.7 Å². The molecule has 0 unspecified atom stereocenters. The van der Waals surface area contributed by atoms with Crippen molar-refractivity contribution in [1.82, 2.24) is 9.80 Å². The standard InChI is InChI=1S/C17H21FN2O3/c1-23-9-8-20-14-6-7-19(15(14)11-17(20)22)16(21)10-12-2-4-13(18)5-3-12/h2-5,14-15H,6-11H2,1H3/t14-,15-/m1/s1. The number of fused-ring (bicyclic) bond motifs is 1. The maximum atomic E-state index is 12.9. The zero-order chi connectivity index (χ0) is 16.4. The number of methoxy groups -OCH3 is 1. The van der Waals surface area contributed by atoms with Gasteiger partial charge in [-0.05, 0) is 24.1 Å². The molecule has 3 rings (SSSR count). The average Bonchev–Trinajstić information content (AvgIpc) is 3.06.